The number of anilines is 2. The van der Waals surface area contributed by atoms with Gasteiger partial charge in [-0.3, -0.25) is 0 Å². The van der Waals surface area contributed by atoms with Crippen molar-refractivity contribution in [2.24, 2.45) is 0 Å². The minimum atomic E-state index is -0.546. The largest absolute Gasteiger partial charge is 0.491 e. The molecule has 164 valence electrons. The average molecular weight is 458 g/mol. The maximum absolute atomic E-state index is 10.0. The van der Waals surface area contributed by atoms with Crippen LogP contribution in [-0.2, 0) is 6.42 Å². The standard InChI is InChI=1S/C24H27N3O2S.ClH/c28-22(18-29-23-9-5-2-6-10-23)17-25-16-15-19-11-13-21(14-12-19)27-24(30)26-20-7-3-1-4-8-20;/h1-14,22,25,28H,15-18H2,(H2,26,27,30);1H/t22-;/m0./s1. The Kier molecular flexibility index (Phi) is 10.8. The second-order valence-corrected chi connectivity index (χ2v) is 7.28. The molecule has 0 spiro atoms. The minimum absolute atomic E-state index is 0. The number of rotatable bonds is 10. The molecule has 0 aliphatic rings. The zero-order valence-corrected chi connectivity index (χ0v) is 18.8. The van der Waals surface area contributed by atoms with E-state index in [-0.39, 0.29) is 19.0 Å². The fourth-order valence-corrected chi connectivity index (χ4v) is 3.07. The van der Waals surface area contributed by atoms with Crippen LogP contribution < -0.4 is 20.7 Å². The first kappa shape index (κ1) is 24.6. The molecule has 0 fully saturated rings. The van der Waals surface area contributed by atoms with E-state index in [2.05, 4.69) is 28.1 Å². The Morgan fingerprint density at radius 1 is 0.839 bits per heavy atom. The number of aliphatic hydroxyl groups is 1. The Hall–Kier alpha value is -2.64. The first-order valence-corrected chi connectivity index (χ1v) is 10.4. The molecule has 0 amide bonds. The number of nitrogens with one attached hydrogen (secondary N) is 3. The van der Waals surface area contributed by atoms with Crippen LogP contribution >= 0.6 is 24.6 Å². The van der Waals surface area contributed by atoms with Gasteiger partial charge >= 0.3 is 0 Å². The highest BCUT2D eigenvalue weighted by Gasteiger charge is 2.05. The summed E-state index contributed by atoms with van der Waals surface area (Å²) in [5, 5.41) is 20.2. The van der Waals surface area contributed by atoms with Gasteiger partial charge in [-0.25, -0.2) is 0 Å². The van der Waals surface area contributed by atoms with Crippen LogP contribution in [0.5, 0.6) is 5.75 Å². The summed E-state index contributed by atoms with van der Waals surface area (Å²) < 4.78 is 5.55. The minimum Gasteiger partial charge on any atom is -0.491 e. The van der Waals surface area contributed by atoms with E-state index in [0.717, 1.165) is 30.1 Å². The third kappa shape index (κ3) is 9.36. The predicted octanol–water partition coefficient (Wildman–Crippen LogP) is 4.49. The summed E-state index contributed by atoms with van der Waals surface area (Å²) in [5.41, 5.74) is 3.10. The van der Waals surface area contributed by atoms with Crippen LogP contribution in [0.4, 0.5) is 11.4 Å². The highest BCUT2D eigenvalue weighted by molar-refractivity contribution is 7.80. The number of halogens is 1. The maximum Gasteiger partial charge on any atom is 0.175 e. The Morgan fingerprint density at radius 2 is 1.42 bits per heavy atom. The molecule has 3 aromatic carbocycles. The van der Waals surface area contributed by atoms with Crippen LogP contribution in [0.2, 0.25) is 0 Å². The van der Waals surface area contributed by atoms with E-state index in [0.29, 0.717) is 11.7 Å². The fourth-order valence-electron chi connectivity index (χ4n) is 2.84. The van der Waals surface area contributed by atoms with Gasteiger partial charge in [0, 0.05) is 17.9 Å². The molecule has 0 aliphatic heterocycles. The Labute approximate surface area is 195 Å². The van der Waals surface area contributed by atoms with Gasteiger partial charge in [0.1, 0.15) is 18.5 Å². The molecular weight excluding hydrogens is 430 g/mol. The topological polar surface area (TPSA) is 65.5 Å². The van der Waals surface area contributed by atoms with Gasteiger partial charge in [-0.2, -0.15) is 0 Å². The van der Waals surface area contributed by atoms with Gasteiger partial charge in [-0.1, -0.05) is 48.5 Å². The Morgan fingerprint density at radius 3 is 2.06 bits per heavy atom. The molecule has 1 atom stereocenters. The van der Waals surface area contributed by atoms with Crippen LogP contribution in [0.3, 0.4) is 0 Å². The monoisotopic (exact) mass is 457 g/mol. The summed E-state index contributed by atoms with van der Waals surface area (Å²) in [5.74, 6) is 0.767. The second kappa shape index (κ2) is 13.6. The lowest BCUT2D eigenvalue weighted by atomic mass is 10.1. The predicted molar refractivity (Wildman–Crippen MR) is 134 cm³/mol. The molecular formula is C24H28ClN3O2S. The molecule has 0 radical (unpaired) electrons. The second-order valence-electron chi connectivity index (χ2n) is 6.87. The third-order valence-electron chi connectivity index (χ3n) is 4.40. The molecule has 0 unspecified atom stereocenters. The van der Waals surface area contributed by atoms with Crippen molar-refractivity contribution in [2.75, 3.05) is 30.3 Å². The van der Waals surface area contributed by atoms with E-state index in [1.165, 1.54) is 5.56 Å². The maximum atomic E-state index is 10.0. The molecule has 0 aromatic heterocycles. The summed E-state index contributed by atoms with van der Waals surface area (Å²) in [6.45, 7) is 1.54. The van der Waals surface area contributed by atoms with Crippen molar-refractivity contribution in [2.45, 2.75) is 12.5 Å². The van der Waals surface area contributed by atoms with E-state index < -0.39 is 6.10 Å². The molecule has 0 bridgehead atoms. The van der Waals surface area contributed by atoms with E-state index in [1.807, 2.05) is 72.8 Å². The Balaban J connectivity index is 0.00000341. The smallest absolute Gasteiger partial charge is 0.175 e. The number of aliphatic hydroxyl groups excluding tert-OH is 1. The zero-order valence-electron chi connectivity index (χ0n) is 17.2. The number of para-hydroxylation sites is 2. The van der Waals surface area contributed by atoms with Crippen LogP contribution in [-0.4, -0.2) is 36.0 Å². The number of ether oxygens (including phenoxy) is 1. The Bertz CT molecular complexity index is 896. The molecule has 0 saturated carbocycles. The normalized spacial score (nSPS) is 11.1. The average Bonchev–Trinajstić information content (AvgIpc) is 2.78. The number of hydrogen-bond acceptors (Lipinski definition) is 4. The van der Waals surface area contributed by atoms with Crippen LogP contribution in [0.25, 0.3) is 0 Å². The number of thiocarbonyl (C=S) groups is 1. The highest BCUT2D eigenvalue weighted by Crippen LogP contribution is 2.12. The molecule has 4 N–H and O–H groups in total. The summed E-state index contributed by atoms with van der Waals surface area (Å²) >= 11 is 5.35. The van der Waals surface area contributed by atoms with Gasteiger partial charge in [-0.05, 0) is 67.1 Å². The fraction of sp³-hybridized carbons (Fsp3) is 0.208. The summed E-state index contributed by atoms with van der Waals surface area (Å²) in [4.78, 5) is 0. The summed E-state index contributed by atoms with van der Waals surface area (Å²) in [6.07, 6.45) is 0.328. The lowest BCUT2D eigenvalue weighted by Gasteiger charge is -2.13. The zero-order chi connectivity index (χ0) is 21.0. The molecule has 0 aliphatic carbocycles. The third-order valence-corrected chi connectivity index (χ3v) is 4.60. The molecule has 3 rings (SSSR count). The van der Waals surface area contributed by atoms with E-state index in [4.69, 9.17) is 17.0 Å². The highest BCUT2D eigenvalue weighted by atomic mass is 35.5. The molecule has 3 aromatic rings. The van der Waals surface area contributed by atoms with Gasteiger partial charge in [0.05, 0.1) is 0 Å². The first-order valence-electron chi connectivity index (χ1n) is 9.98. The van der Waals surface area contributed by atoms with E-state index in [9.17, 15) is 5.11 Å². The van der Waals surface area contributed by atoms with Crippen molar-refractivity contribution < 1.29 is 9.84 Å². The lowest BCUT2D eigenvalue weighted by Crippen LogP contribution is -2.32. The van der Waals surface area contributed by atoms with Gasteiger partial charge < -0.3 is 25.8 Å². The number of hydrogen-bond donors (Lipinski definition) is 4. The lowest BCUT2D eigenvalue weighted by molar-refractivity contribution is 0.106. The molecule has 0 saturated heterocycles. The molecule has 7 heteroatoms. The van der Waals surface area contributed by atoms with Crippen molar-refractivity contribution in [3.05, 3.63) is 90.5 Å². The van der Waals surface area contributed by atoms with Crippen molar-refractivity contribution in [3.63, 3.8) is 0 Å². The van der Waals surface area contributed by atoms with E-state index in [1.54, 1.807) is 0 Å². The first-order chi connectivity index (χ1) is 14.7. The van der Waals surface area contributed by atoms with Crippen LogP contribution in [0, 0.1) is 0 Å². The van der Waals surface area contributed by atoms with Crippen molar-refractivity contribution >= 4 is 41.1 Å². The summed E-state index contributed by atoms with van der Waals surface area (Å²) in [7, 11) is 0. The molecule has 5 nitrogen and oxygen atoms in total. The van der Waals surface area contributed by atoms with Crippen molar-refractivity contribution in [1.29, 1.82) is 0 Å². The van der Waals surface area contributed by atoms with Crippen LogP contribution in [0.15, 0.2) is 84.9 Å². The quantitative estimate of drug-likeness (QED) is 0.266. The van der Waals surface area contributed by atoms with Gasteiger partial charge in [0.25, 0.3) is 0 Å². The van der Waals surface area contributed by atoms with Crippen molar-refractivity contribution in [3.8, 4) is 5.75 Å². The van der Waals surface area contributed by atoms with Gasteiger partial charge in [-0.15, -0.1) is 12.4 Å². The van der Waals surface area contributed by atoms with Gasteiger partial charge in [0.2, 0.25) is 0 Å². The SMILES string of the molecule is Cl.O[C@@H](CNCCc1ccc(NC(=S)Nc2ccccc2)cc1)COc1ccccc1. The number of benzene rings is 3. The molecule has 0 heterocycles. The summed E-state index contributed by atoms with van der Waals surface area (Å²) in [6, 6.07) is 27.5. The molecule has 31 heavy (non-hydrogen) atoms. The van der Waals surface area contributed by atoms with E-state index >= 15 is 0 Å². The van der Waals surface area contributed by atoms with Crippen LogP contribution in [0.1, 0.15) is 5.56 Å². The van der Waals surface area contributed by atoms with Crippen molar-refractivity contribution in [1.82, 2.24) is 5.32 Å². The van der Waals surface area contributed by atoms with Gasteiger partial charge in [0.15, 0.2) is 5.11 Å².